The van der Waals surface area contributed by atoms with Crippen LogP contribution in [0.3, 0.4) is 0 Å². The molecule has 92 valence electrons. The summed E-state index contributed by atoms with van der Waals surface area (Å²) in [5, 5.41) is 12.2. The van der Waals surface area contributed by atoms with Gasteiger partial charge in [0.25, 0.3) is 0 Å². The molecule has 5 heteroatoms. The average molecular weight is 302 g/mol. The Morgan fingerprint density at radius 2 is 2.35 bits per heavy atom. The van der Waals surface area contributed by atoms with Crippen LogP contribution >= 0.6 is 15.9 Å². The van der Waals surface area contributed by atoms with Gasteiger partial charge < -0.3 is 5.11 Å². The molecule has 17 heavy (non-hydrogen) atoms. The lowest BCUT2D eigenvalue weighted by Gasteiger charge is -2.31. The minimum absolute atomic E-state index is 0.116. The molecule has 1 aromatic rings. The summed E-state index contributed by atoms with van der Waals surface area (Å²) in [5.41, 5.74) is 1.42. The van der Waals surface area contributed by atoms with Crippen molar-refractivity contribution >= 4 is 21.9 Å². The molecule has 0 saturated carbocycles. The Kier molecular flexibility index (Phi) is 3.49. The minimum atomic E-state index is -0.970. The topological polar surface area (TPSA) is 49.3 Å². The molecular weight excluding hydrogens is 289 g/mol. The number of carboxylic acid groups (broad SMARTS) is 1. The van der Waals surface area contributed by atoms with Crippen LogP contribution in [0.5, 0.6) is 0 Å². The summed E-state index contributed by atoms with van der Waals surface area (Å²) >= 11 is 3.31. The third-order valence-corrected chi connectivity index (χ3v) is 3.81. The van der Waals surface area contributed by atoms with Gasteiger partial charge in [0.15, 0.2) is 0 Å². The standard InChI is InChI=1S/C12H13BrFNO2/c1-2-7-5-8-9(11(15-7)12(16)17)3-6(14)4-10(8)13/h3-4,7,11,15H,2,5H2,1H3,(H,16,17). The van der Waals surface area contributed by atoms with Gasteiger partial charge >= 0.3 is 5.97 Å². The highest BCUT2D eigenvalue weighted by atomic mass is 79.9. The maximum atomic E-state index is 13.3. The van der Waals surface area contributed by atoms with Gasteiger partial charge in [0.05, 0.1) is 0 Å². The number of aliphatic carboxylic acids is 1. The Hall–Kier alpha value is -0.940. The second kappa shape index (κ2) is 4.74. The van der Waals surface area contributed by atoms with Gasteiger partial charge in [-0.25, -0.2) is 4.39 Å². The molecule has 2 unspecified atom stereocenters. The predicted octanol–water partition coefficient (Wildman–Crippen LogP) is 2.64. The maximum absolute atomic E-state index is 13.3. The number of carboxylic acids is 1. The van der Waals surface area contributed by atoms with Crippen molar-refractivity contribution in [2.45, 2.75) is 31.8 Å². The summed E-state index contributed by atoms with van der Waals surface area (Å²) in [7, 11) is 0. The van der Waals surface area contributed by atoms with Crippen molar-refractivity contribution in [2.75, 3.05) is 0 Å². The summed E-state index contributed by atoms with van der Waals surface area (Å²) in [4.78, 5) is 11.2. The molecule has 0 radical (unpaired) electrons. The number of rotatable bonds is 2. The fraction of sp³-hybridized carbons (Fsp3) is 0.417. The van der Waals surface area contributed by atoms with Crippen molar-refractivity contribution in [1.82, 2.24) is 5.32 Å². The summed E-state index contributed by atoms with van der Waals surface area (Å²) in [6.45, 7) is 2.00. The molecule has 0 bridgehead atoms. The SMILES string of the molecule is CCC1Cc2c(Br)cc(F)cc2C(C(=O)O)N1. The van der Waals surface area contributed by atoms with Crippen LogP contribution in [0.15, 0.2) is 16.6 Å². The molecule has 0 spiro atoms. The van der Waals surface area contributed by atoms with Crippen molar-refractivity contribution in [1.29, 1.82) is 0 Å². The molecule has 3 nitrogen and oxygen atoms in total. The first-order chi connectivity index (χ1) is 8.02. The minimum Gasteiger partial charge on any atom is -0.480 e. The van der Waals surface area contributed by atoms with E-state index in [1.54, 1.807) is 0 Å². The van der Waals surface area contributed by atoms with E-state index in [0.717, 1.165) is 18.4 Å². The zero-order valence-electron chi connectivity index (χ0n) is 9.34. The first-order valence-corrected chi connectivity index (χ1v) is 6.29. The van der Waals surface area contributed by atoms with Crippen molar-refractivity contribution in [3.05, 3.63) is 33.5 Å². The number of benzene rings is 1. The molecule has 2 atom stereocenters. The van der Waals surface area contributed by atoms with Crippen molar-refractivity contribution in [3.63, 3.8) is 0 Å². The lowest BCUT2D eigenvalue weighted by Crippen LogP contribution is -2.42. The van der Waals surface area contributed by atoms with Gasteiger partial charge in [0.2, 0.25) is 0 Å². The van der Waals surface area contributed by atoms with Gasteiger partial charge in [-0.1, -0.05) is 22.9 Å². The molecule has 1 aliphatic heterocycles. The number of hydrogen-bond donors (Lipinski definition) is 2. The lowest BCUT2D eigenvalue weighted by atomic mass is 9.89. The second-order valence-electron chi connectivity index (χ2n) is 4.20. The number of halogens is 2. The van der Waals surface area contributed by atoms with Gasteiger partial charge in [0.1, 0.15) is 11.9 Å². The smallest absolute Gasteiger partial charge is 0.325 e. The van der Waals surface area contributed by atoms with E-state index >= 15 is 0 Å². The molecule has 0 amide bonds. The fourth-order valence-corrected chi connectivity index (χ4v) is 2.80. The van der Waals surface area contributed by atoms with Crippen LogP contribution in [0.2, 0.25) is 0 Å². The number of carbonyl (C=O) groups is 1. The molecule has 1 heterocycles. The molecule has 2 rings (SSSR count). The maximum Gasteiger partial charge on any atom is 0.325 e. The highest BCUT2D eigenvalue weighted by Crippen LogP contribution is 2.32. The Balaban J connectivity index is 2.52. The molecule has 0 fully saturated rings. The molecule has 1 aliphatic rings. The lowest BCUT2D eigenvalue weighted by molar-refractivity contribution is -0.140. The van der Waals surface area contributed by atoms with Crippen molar-refractivity contribution < 1.29 is 14.3 Å². The Morgan fingerprint density at radius 1 is 1.65 bits per heavy atom. The third kappa shape index (κ3) is 2.35. The average Bonchev–Trinajstić information content (AvgIpc) is 2.27. The molecular formula is C12H13BrFNO2. The second-order valence-corrected chi connectivity index (χ2v) is 5.06. The van der Waals surface area contributed by atoms with Crippen molar-refractivity contribution in [2.24, 2.45) is 0 Å². The summed E-state index contributed by atoms with van der Waals surface area (Å²) in [5.74, 6) is -1.39. The number of hydrogen-bond acceptors (Lipinski definition) is 2. The summed E-state index contributed by atoms with van der Waals surface area (Å²) in [6, 6.07) is 1.98. The van der Waals surface area contributed by atoms with Crippen LogP contribution in [-0.4, -0.2) is 17.1 Å². The van der Waals surface area contributed by atoms with Crippen LogP contribution in [-0.2, 0) is 11.2 Å². The number of fused-ring (bicyclic) bond motifs is 1. The van der Waals surface area contributed by atoms with E-state index in [2.05, 4.69) is 21.2 Å². The third-order valence-electron chi connectivity index (χ3n) is 3.10. The van der Waals surface area contributed by atoms with E-state index in [1.165, 1.54) is 12.1 Å². The van der Waals surface area contributed by atoms with Crippen molar-refractivity contribution in [3.8, 4) is 0 Å². The highest BCUT2D eigenvalue weighted by molar-refractivity contribution is 9.10. The van der Waals surface area contributed by atoms with E-state index in [4.69, 9.17) is 0 Å². The Bertz CT molecular complexity index is 464. The first-order valence-electron chi connectivity index (χ1n) is 5.49. The number of nitrogens with one attached hydrogen (secondary N) is 1. The summed E-state index contributed by atoms with van der Waals surface area (Å²) in [6.07, 6.45) is 1.56. The van der Waals surface area contributed by atoms with Gasteiger partial charge in [-0.05, 0) is 36.1 Å². The van der Waals surface area contributed by atoms with E-state index in [9.17, 15) is 14.3 Å². The first kappa shape index (κ1) is 12.5. The molecule has 0 aliphatic carbocycles. The van der Waals surface area contributed by atoms with Gasteiger partial charge in [-0.3, -0.25) is 10.1 Å². The molecule has 0 saturated heterocycles. The molecule has 0 aromatic heterocycles. The molecule has 2 N–H and O–H groups in total. The zero-order valence-corrected chi connectivity index (χ0v) is 10.9. The monoisotopic (exact) mass is 301 g/mol. The zero-order chi connectivity index (χ0) is 12.6. The van der Waals surface area contributed by atoms with Crippen LogP contribution in [0.4, 0.5) is 4.39 Å². The highest BCUT2D eigenvalue weighted by Gasteiger charge is 2.31. The van der Waals surface area contributed by atoms with Gasteiger partial charge in [-0.15, -0.1) is 0 Å². The predicted molar refractivity (Wildman–Crippen MR) is 65.4 cm³/mol. The van der Waals surface area contributed by atoms with Crippen LogP contribution in [0.25, 0.3) is 0 Å². The largest absolute Gasteiger partial charge is 0.480 e. The van der Waals surface area contributed by atoms with E-state index < -0.39 is 17.8 Å². The quantitative estimate of drug-likeness (QED) is 0.883. The van der Waals surface area contributed by atoms with Gasteiger partial charge in [0, 0.05) is 10.5 Å². The Labute approximate surface area is 107 Å². The Morgan fingerprint density at radius 3 is 2.94 bits per heavy atom. The van der Waals surface area contributed by atoms with E-state index in [0.29, 0.717) is 10.0 Å². The van der Waals surface area contributed by atoms with Crippen LogP contribution < -0.4 is 5.32 Å². The van der Waals surface area contributed by atoms with Crippen LogP contribution in [0, 0.1) is 5.82 Å². The van der Waals surface area contributed by atoms with E-state index in [-0.39, 0.29) is 6.04 Å². The normalized spacial score (nSPS) is 23.2. The fourth-order valence-electron chi connectivity index (χ4n) is 2.19. The van der Waals surface area contributed by atoms with E-state index in [1.807, 2.05) is 6.92 Å². The van der Waals surface area contributed by atoms with Crippen LogP contribution in [0.1, 0.15) is 30.5 Å². The molecule has 1 aromatic carbocycles. The summed E-state index contributed by atoms with van der Waals surface area (Å²) < 4.78 is 14.0. The van der Waals surface area contributed by atoms with Gasteiger partial charge in [-0.2, -0.15) is 0 Å².